The van der Waals surface area contributed by atoms with Crippen LogP contribution in [-0.2, 0) is 0 Å². The van der Waals surface area contributed by atoms with E-state index in [1.54, 1.807) is 11.7 Å². The summed E-state index contributed by atoms with van der Waals surface area (Å²) in [5, 5.41) is 8.93. The van der Waals surface area contributed by atoms with Gasteiger partial charge in [0.1, 0.15) is 0 Å². The fourth-order valence-corrected chi connectivity index (χ4v) is 2.29. The second kappa shape index (κ2) is 5.64. The number of benzene rings is 2. The Hall–Kier alpha value is -2.85. The lowest BCUT2D eigenvalue weighted by Gasteiger charge is -2.01. The predicted molar refractivity (Wildman–Crippen MR) is 80.5 cm³/mol. The second-order valence-electron chi connectivity index (χ2n) is 4.64. The molecule has 0 atom stereocenters. The highest BCUT2D eigenvalue weighted by atomic mass is 16.5. The second-order valence-corrected chi connectivity index (χ2v) is 4.64. The van der Waals surface area contributed by atoms with Gasteiger partial charge in [0.15, 0.2) is 0 Å². The molecule has 0 aliphatic rings. The van der Waals surface area contributed by atoms with Crippen LogP contribution in [0.25, 0.3) is 16.8 Å². The number of carbonyl (C=O) groups excluding carboxylic acids is 1. The molecule has 1 heterocycles. The molecule has 4 nitrogen and oxygen atoms in total. The van der Waals surface area contributed by atoms with Crippen LogP contribution in [-0.4, -0.2) is 15.7 Å². The average Bonchev–Trinajstić information content (AvgIpc) is 3.01. The number of carbonyl (C=O) groups is 1. The van der Waals surface area contributed by atoms with Crippen LogP contribution in [0.1, 0.15) is 10.4 Å². The van der Waals surface area contributed by atoms with Crippen molar-refractivity contribution in [2.45, 2.75) is 0 Å². The lowest BCUT2D eigenvalue weighted by Crippen LogP contribution is -2.18. The van der Waals surface area contributed by atoms with Crippen LogP contribution < -0.4 is 5.48 Å². The van der Waals surface area contributed by atoms with Crippen LogP contribution in [0.5, 0.6) is 0 Å². The fourth-order valence-electron chi connectivity index (χ4n) is 2.29. The van der Waals surface area contributed by atoms with Crippen LogP contribution in [0, 0.1) is 0 Å². The van der Waals surface area contributed by atoms with Gasteiger partial charge in [-0.2, -0.15) is 0 Å². The maximum Gasteiger partial charge on any atom is 0.276 e. The Morgan fingerprint density at radius 1 is 0.905 bits per heavy atom. The number of amides is 1. The lowest BCUT2D eigenvalue weighted by molar-refractivity contribution is 0.0707. The first kappa shape index (κ1) is 13.1. The molecule has 0 fully saturated rings. The van der Waals surface area contributed by atoms with Crippen molar-refractivity contribution in [1.82, 2.24) is 10.0 Å². The van der Waals surface area contributed by atoms with Gasteiger partial charge in [-0.1, -0.05) is 48.5 Å². The van der Waals surface area contributed by atoms with Gasteiger partial charge in [0.25, 0.3) is 5.91 Å². The molecule has 1 amide bonds. The molecule has 3 aromatic rings. The quantitative estimate of drug-likeness (QED) is 0.570. The summed E-state index contributed by atoms with van der Waals surface area (Å²) in [5.74, 6) is -0.525. The van der Waals surface area contributed by atoms with Gasteiger partial charge < -0.3 is 4.57 Å². The van der Waals surface area contributed by atoms with Crippen molar-refractivity contribution in [2.75, 3.05) is 0 Å². The summed E-state index contributed by atoms with van der Waals surface area (Å²) in [7, 11) is 0. The molecule has 4 heteroatoms. The number of para-hydroxylation sites is 1. The smallest absolute Gasteiger partial charge is 0.276 e. The lowest BCUT2D eigenvalue weighted by atomic mass is 10.0. The molecule has 3 rings (SSSR count). The van der Waals surface area contributed by atoms with Gasteiger partial charge in [0.2, 0.25) is 0 Å². The molecule has 0 saturated carbocycles. The minimum absolute atomic E-state index is 0.424. The van der Waals surface area contributed by atoms with Crippen molar-refractivity contribution < 1.29 is 10.0 Å². The number of hydrogen-bond acceptors (Lipinski definition) is 2. The highest BCUT2D eigenvalue weighted by Gasteiger charge is 2.15. The normalized spacial score (nSPS) is 10.3. The average molecular weight is 278 g/mol. The number of nitrogens with one attached hydrogen (secondary N) is 1. The third-order valence-corrected chi connectivity index (χ3v) is 3.31. The van der Waals surface area contributed by atoms with Crippen LogP contribution in [0.15, 0.2) is 73.1 Å². The number of hydrogen-bond donors (Lipinski definition) is 2. The van der Waals surface area contributed by atoms with Gasteiger partial charge in [-0.3, -0.25) is 10.0 Å². The molecule has 2 N–H and O–H groups in total. The number of rotatable bonds is 3. The topological polar surface area (TPSA) is 54.3 Å². The summed E-state index contributed by atoms with van der Waals surface area (Å²) in [6, 6.07) is 19.3. The third-order valence-electron chi connectivity index (χ3n) is 3.31. The van der Waals surface area contributed by atoms with Crippen LogP contribution >= 0.6 is 0 Å². The Morgan fingerprint density at radius 3 is 2.14 bits per heavy atom. The number of nitrogens with zero attached hydrogens (tertiary/aromatic N) is 1. The first-order valence-corrected chi connectivity index (χ1v) is 6.57. The van der Waals surface area contributed by atoms with Crippen molar-refractivity contribution in [3.63, 3.8) is 0 Å². The zero-order chi connectivity index (χ0) is 14.7. The standard InChI is InChI=1S/C17H14N2O2/c20-17(18-21)16-12-19(14-9-5-2-6-10-14)11-15(16)13-7-3-1-4-8-13/h1-12,21H,(H,18,20). The Labute approximate surface area is 122 Å². The summed E-state index contributed by atoms with van der Waals surface area (Å²) in [6.07, 6.45) is 3.60. The molecule has 2 aromatic carbocycles. The number of hydroxylamine groups is 1. The Kier molecular flexibility index (Phi) is 3.53. The van der Waals surface area contributed by atoms with Crippen molar-refractivity contribution in [3.8, 4) is 16.8 Å². The van der Waals surface area contributed by atoms with Gasteiger partial charge in [0.05, 0.1) is 5.56 Å². The van der Waals surface area contributed by atoms with E-state index in [-0.39, 0.29) is 0 Å². The molecule has 21 heavy (non-hydrogen) atoms. The predicted octanol–water partition coefficient (Wildman–Crippen LogP) is 3.26. The summed E-state index contributed by atoms with van der Waals surface area (Å²) in [5.41, 5.74) is 4.77. The van der Waals surface area contributed by atoms with Crippen molar-refractivity contribution in [1.29, 1.82) is 0 Å². The van der Waals surface area contributed by atoms with Gasteiger partial charge in [-0.05, 0) is 17.7 Å². The van der Waals surface area contributed by atoms with Crippen LogP contribution in [0.3, 0.4) is 0 Å². The molecule has 0 radical (unpaired) electrons. The van der Waals surface area contributed by atoms with Gasteiger partial charge >= 0.3 is 0 Å². The zero-order valence-corrected chi connectivity index (χ0v) is 11.2. The molecule has 1 aromatic heterocycles. The highest BCUT2D eigenvalue weighted by Crippen LogP contribution is 2.26. The van der Waals surface area contributed by atoms with E-state index in [1.807, 2.05) is 71.4 Å². The van der Waals surface area contributed by atoms with E-state index in [9.17, 15) is 4.79 Å². The monoisotopic (exact) mass is 278 g/mol. The van der Waals surface area contributed by atoms with E-state index in [1.165, 1.54) is 0 Å². The minimum Gasteiger partial charge on any atom is -0.322 e. The van der Waals surface area contributed by atoms with Crippen molar-refractivity contribution >= 4 is 5.91 Å². The molecule has 104 valence electrons. The summed E-state index contributed by atoms with van der Waals surface area (Å²) >= 11 is 0. The van der Waals surface area contributed by atoms with E-state index in [2.05, 4.69) is 0 Å². The van der Waals surface area contributed by atoms with E-state index in [4.69, 9.17) is 5.21 Å². The van der Waals surface area contributed by atoms with Crippen molar-refractivity contribution in [2.24, 2.45) is 0 Å². The van der Waals surface area contributed by atoms with Gasteiger partial charge in [-0.25, -0.2) is 5.48 Å². The molecule has 0 saturated heterocycles. The maximum atomic E-state index is 11.9. The third kappa shape index (κ3) is 2.57. The maximum absolute atomic E-state index is 11.9. The molecule has 0 unspecified atom stereocenters. The van der Waals surface area contributed by atoms with E-state index >= 15 is 0 Å². The van der Waals surface area contributed by atoms with Crippen LogP contribution in [0.4, 0.5) is 0 Å². The first-order chi connectivity index (χ1) is 10.3. The Morgan fingerprint density at radius 2 is 1.52 bits per heavy atom. The molecule has 0 aliphatic heterocycles. The molecular weight excluding hydrogens is 264 g/mol. The van der Waals surface area contributed by atoms with Crippen LogP contribution in [0.2, 0.25) is 0 Å². The summed E-state index contributed by atoms with van der Waals surface area (Å²) in [6.45, 7) is 0. The van der Waals surface area contributed by atoms with E-state index in [0.29, 0.717) is 5.56 Å². The fraction of sp³-hybridized carbons (Fsp3) is 0. The zero-order valence-electron chi connectivity index (χ0n) is 11.2. The minimum atomic E-state index is -0.525. The van der Waals surface area contributed by atoms with E-state index < -0.39 is 5.91 Å². The highest BCUT2D eigenvalue weighted by molar-refractivity contribution is 6.00. The molecular formula is C17H14N2O2. The molecule has 0 aliphatic carbocycles. The SMILES string of the molecule is O=C(NO)c1cn(-c2ccccc2)cc1-c1ccccc1. The van der Waals surface area contributed by atoms with Gasteiger partial charge in [-0.15, -0.1) is 0 Å². The van der Waals surface area contributed by atoms with Gasteiger partial charge in [0, 0.05) is 23.6 Å². The largest absolute Gasteiger partial charge is 0.322 e. The van der Waals surface area contributed by atoms with Crippen molar-refractivity contribution in [3.05, 3.63) is 78.6 Å². The summed E-state index contributed by atoms with van der Waals surface area (Å²) in [4.78, 5) is 11.9. The molecule has 0 bridgehead atoms. The first-order valence-electron chi connectivity index (χ1n) is 6.57. The number of aromatic nitrogens is 1. The Balaban J connectivity index is 2.14. The summed E-state index contributed by atoms with van der Waals surface area (Å²) < 4.78 is 1.87. The van der Waals surface area contributed by atoms with E-state index in [0.717, 1.165) is 16.8 Å². The Bertz CT molecular complexity index is 749. The molecule has 0 spiro atoms.